The van der Waals surface area contributed by atoms with Crippen molar-refractivity contribution in [2.45, 2.75) is 51.4 Å². The van der Waals surface area contributed by atoms with Gasteiger partial charge in [0.25, 0.3) is 0 Å². The molecular weight excluding hydrogens is 270 g/mol. The van der Waals surface area contributed by atoms with Gasteiger partial charge in [-0.05, 0) is 74.1 Å². The number of hydrogen-bond acceptors (Lipinski definition) is 2. The fraction of sp³-hybridized carbons (Fsp3) is 0.500. The number of benzene rings is 1. The SMILES string of the molecule is N#Cc1ccc(CCCC[C@H]2CC[C@H](/C=C/C=O)CC2)cc1. The van der Waals surface area contributed by atoms with Crippen molar-refractivity contribution in [2.24, 2.45) is 11.8 Å². The summed E-state index contributed by atoms with van der Waals surface area (Å²) in [5.41, 5.74) is 2.07. The van der Waals surface area contributed by atoms with Crippen LogP contribution in [0, 0.1) is 23.2 Å². The first-order valence-electron chi connectivity index (χ1n) is 8.43. The van der Waals surface area contributed by atoms with E-state index in [-0.39, 0.29) is 0 Å². The second-order valence-electron chi connectivity index (χ2n) is 6.36. The molecule has 0 spiro atoms. The van der Waals surface area contributed by atoms with E-state index in [9.17, 15) is 4.79 Å². The van der Waals surface area contributed by atoms with Crippen LogP contribution in [0.1, 0.15) is 56.1 Å². The van der Waals surface area contributed by atoms with E-state index in [2.05, 4.69) is 24.3 Å². The van der Waals surface area contributed by atoms with E-state index in [0.29, 0.717) is 5.92 Å². The Morgan fingerprint density at radius 1 is 1.09 bits per heavy atom. The molecule has 0 radical (unpaired) electrons. The summed E-state index contributed by atoms with van der Waals surface area (Å²) in [5.74, 6) is 1.50. The molecule has 1 saturated carbocycles. The Morgan fingerprint density at radius 2 is 1.82 bits per heavy atom. The number of aldehydes is 1. The minimum Gasteiger partial charge on any atom is -0.299 e. The number of nitriles is 1. The highest BCUT2D eigenvalue weighted by atomic mass is 16.1. The number of hydrogen-bond donors (Lipinski definition) is 0. The predicted molar refractivity (Wildman–Crippen MR) is 89.4 cm³/mol. The summed E-state index contributed by atoms with van der Waals surface area (Å²) >= 11 is 0. The third-order valence-corrected chi connectivity index (χ3v) is 4.76. The highest BCUT2D eigenvalue weighted by Crippen LogP contribution is 2.32. The van der Waals surface area contributed by atoms with Gasteiger partial charge in [-0.25, -0.2) is 0 Å². The van der Waals surface area contributed by atoms with E-state index in [0.717, 1.165) is 24.2 Å². The van der Waals surface area contributed by atoms with E-state index >= 15 is 0 Å². The van der Waals surface area contributed by atoms with Gasteiger partial charge in [-0.15, -0.1) is 0 Å². The third kappa shape index (κ3) is 5.48. The molecule has 0 N–H and O–H groups in total. The van der Waals surface area contributed by atoms with Crippen LogP contribution in [0.15, 0.2) is 36.4 Å². The average molecular weight is 295 g/mol. The number of allylic oxidation sites excluding steroid dienone is 2. The summed E-state index contributed by atoms with van der Waals surface area (Å²) in [4.78, 5) is 10.3. The average Bonchev–Trinajstić information content (AvgIpc) is 2.58. The van der Waals surface area contributed by atoms with Crippen LogP contribution >= 0.6 is 0 Å². The number of unbranched alkanes of at least 4 members (excludes halogenated alkanes) is 1. The molecule has 0 aliphatic heterocycles. The largest absolute Gasteiger partial charge is 0.299 e. The zero-order valence-corrected chi connectivity index (χ0v) is 13.2. The minimum absolute atomic E-state index is 0.625. The van der Waals surface area contributed by atoms with E-state index in [1.165, 1.54) is 50.5 Å². The standard InChI is InChI=1S/C20H25NO/c21-16-20-13-11-18(12-14-20)5-2-1-4-17-7-9-19(10-8-17)6-3-15-22/h3,6,11-15,17,19H,1-2,4-5,7-10H2/b6-3+/t17-,19-. The molecule has 1 aromatic carbocycles. The van der Waals surface area contributed by atoms with Gasteiger partial charge >= 0.3 is 0 Å². The van der Waals surface area contributed by atoms with Crippen molar-refractivity contribution in [3.8, 4) is 6.07 Å². The molecule has 1 aliphatic carbocycles. The molecule has 1 fully saturated rings. The first kappa shape index (κ1) is 16.5. The highest BCUT2D eigenvalue weighted by Gasteiger charge is 2.18. The zero-order valence-electron chi connectivity index (χ0n) is 13.2. The molecule has 0 amide bonds. The van der Waals surface area contributed by atoms with Gasteiger partial charge in [0.15, 0.2) is 0 Å². The van der Waals surface area contributed by atoms with E-state index < -0.39 is 0 Å². The summed E-state index contributed by atoms with van der Waals surface area (Å²) in [6.45, 7) is 0. The molecule has 1 aliphatic rings. The van der Waals surface area contributed by atoms with E-state index in [1.54, 1.807) is 6.08 Å². The Hall–Kier alpha value is -1.88. The molecule has 0 bridgehead atoms. The molecule has 116 valence electrons. The van der Waals surface area contributed by atoms with Crippen LogP contribution in [-0.2, 0) is 11.2 Å². The van der Waals surface area contributed by atoms with Gasteiger partial charge in [-0.1, -0.05) is 31.1 Å². The molecule has 22 heavy (non-hydrogen) atoms. The lowest BCUT2D eigenvalue weighted by atomic mass is 9.79. The fourth-order valence-corrected chi connectivity index (χ4v) is 3.38. The highest BCUT2D eigenvalue weighted by molar-refractivity contribution is 5.64. The van der Waals surface area contributed by atoms with Crippen molar-refractivity contribution in [1.82, 2.24) is 0 Å². The number of aryl methyl sites for hydroxylation is 1. The Labute approximate surface area is 133 Å². The number of carbonyl (C=O) groups excluding carboxylic acids is 1. The van der Waals surface area contributed by atoms with Crippen molar-refractivity contribution in [2.75, 3.05) is 0 Å². The molecule has 0 aromatic heterocycles. The van der Waals surface area contributed by atoms with Crippen molar-refractivity contribution in [3.63, 3.8) is 0 Å². The first-order valence-corrected chi connectivity index (χ1v) is 8.43. The van der Waals surface area contributed by atoms with Crippen molar-refractivity contribution in [3.05, 3.63) is 47.5 Å². The summed E-state index contributed by atoms with van der Waals surface area (Å²) in [6, 6.07) is 10.1. The molecule has 2 rings (SSSR count). The maximum Gasteiger partial charge on any atom is 0.142 e. The molecule has 0 heterocycles. The Balaban J connectivity index is 1.60. The molecule has 2 heteroatoms. The maximum absolute atomic E-state index is 10.3. The van der Waals surface area contributed by atoms with Gasteiger partial charge in [-0.2, -0.15) is 5.26 Å². The zero-order chi connectivity index (χ0) is 15.6. The van der Waals surface area contributed by atoms with Crippen LogP contribution in [0.25, 0.3) is 0 Å². The normalized spacial score (nSPS) is 21.6. The maximum atomic E-state index is 10.3. The second kappa shape index (κ2) is 9.20. The lowest BCUT2D eigenvalue weighted by molar-refractivity contribution is -0.104. The van der Waals surface area contributed by atoms with Crippen LogP contribution in [0.2, 0.25) is 0 Å². The molecular formula is C20H25NO. The Morgan fingerprint density at radius 3 is 2.45 bits per heavy atom. The first-order chi connectivity index (χ1) is 10.8. The number of carbonyl (C=O) groups is 1. The van der Waals surface area contributed by atoms with E-state index in [1.807, 2.05) is 12.1 Å². The fourth-order valence-electron chi connectivity index (χ4n) is 3.38. The monoisotopic (exact) mass is 295 g/mol. The smallest absolute Gasteiger partial charge is 0.142 e. The molecule has 1 aromatic rings. The summed E-state index contributed by atoms with van der Waals surface area (Å²) < 4.78 is 0. The summed E-state index contributed by atoms with van der Waals surface area (Å²) in [6.07, 6.45) is 14.7. The lowest BCUT2D eigenvalue weighted by Gasteiger charge is -2.26. The molecule has 0 saturated heterocycles. The van der Waals surface area contributed by atoms with Gasteiger partial charge < -0.3 is 0 Å². The van der Waals surface area contributed by atoms with Crippen molar-refractivity contribution >= 4 is 6.29 Å². The summed E-state index contributed by atoms with van der Waals surface area (Å²) in [5, 5.41) is 8.78. The summed E-state index contributed by atoms with van der Waals surface area (Å²) in [7, 11) is 0. The third-order valence-electron chi connectivity index (χ3n) is 4.76. The Bertz CT molecular complexity index is 516. The van der Waals surface area contributed by atoms with Crippen LogP contribution in [0.3, 0.4) is 0 Å². The van der Waals surface area contributed by atoms with E-state index in [4.69, 9.17) is 5.26 Å². The van der Waals surface area contributed by atoms with Gasteiger partial charge in [-0.3, -0.25) is 4.79 Å². The number of rotatable bonds is 7. The van der Waals surface area contributed by atoms with Crippen LogP contribution < -0.4 is 0 Å². The molecule has 0 atom stereocenters. The van der Waals surface area contributed by atoms with Gasteiger partial charge in [0.2, 0.25) is 0 Å². The van der Waals surface area contributed by atoms with Gasteiger partial charge in [0.05, 0.1) is 11.6 Å². The topological polar surface area (TPSA) is 40.9 Å². The molecule has 0 unspecified atom stereocenters. The van der Waals surface area contributed by atoms with Gasteiger partial charge in [0.1, 0.15) is 6.29 Å². The van der Waals surface area contributed by atoms with Crippen LogP contribution in [0.4, 0.5) is 0 Å². The minimum atomic E-state index is 0.625. The second-order valence-corrected chi connectivity index (χ2v) is 6.36. The lowest BCUT2D eigenvalue weighted by Crippen LogP contribution is -2.13. The van der Waals surface area contributed by atoms with Crippen LogP contribution in [-0.4, -0.2) is 6.29 Å². The quantitative estimate of drug-likeness (QED) is 0.410. The number of nitrogens with zero attached hydrogens (tertiary/aromatic N) is 1. The van der Waals surface area contributed by atoms with Crippen molar-refractivity contribution < 1.29 is 4.79 Å². The Kier molecular flexibility index (Phi) is 6.90. The van der Waals surface area contributed by atoms with Crippen LogP contribution in [0.5, 0.6) is 0 Å². The van der Waals surface area contributed by atoms with Crippen molar-refractivity contribution in [1.29, 1.82) is 5.26 Å². The predicted octanol–water partition coefficient (Wildman–Crippen LogP) is 4.83. The molecule has 2 nitrogen and oxygen atoms in total. The van der Waals surface area contributed by atoms with Gasteiger partial charge in [0, 0.05) is 0 Å².